The Morgan fingerprint density at radius 3 is 2.56 bits per heavy atom. The Morgan fingerprint density at radius 1 is 1.22 bits per heavy atom. The van der Waals surface area contributed by atoms with Gasteiger partial charge in [0.05, 0.1) is 0 Å². The van der Waals surface area contributed by atoms with Gasteiger partial charge in [0.2, 0.25) is 5.95 Å². The van der Waals surface area contributed by atoms with Crippen molar-refractivity contribution in [1.29, 1.82) is 0 Å². The zero-order chi connectivity index (χ0) is 13.0. The maximum atomic E-state index is 12.8. The smallest absolute Gasteiger partial charge is 0.280 e. The second kappa shape index (κ2) is 5.50. The van der Waals surface area contributed by atoms with Gasteiger partial charge in [-0.1, -0.05) is 18.2 Å². The molecule has 1 aromatic carbocycles. The summed E-state index contributed by atoms with van der Waals surface area (Å²) < 4.78 is 25.5. The molecular weight excluding hydrogens is 238 g/mol. The summed E-state index contributed by atoms with van der Waals surface area (Å²) in [6, 6.07) is 9.09. The second-order valence-corrected chi connectivity index (χ2v) is 3.60. The SMILES string of the molecule is NCc1cnc(Nc2ccccc2)nc1C(F)F. The molecule has 0 fully saturated rings. The summed E-state index contributed by atoms with van der Waals surface area (Å²) in [5.74, 6) is 0.133. The molecule has 0 saturated carbocycles. The highest BCUT2D eigenvalue weighted by atomic mass is 19.3. The van der Waals surface area contributed by atoms with Gasteiger partial charge in [0.15, 0.2) is 0 Å². The Morgan fingerprint density at radius 2 is 1.94 bits per heavy atom. The zero-order valence-electron chi connectivity index (χ0n) is 9.48. The van der Waals surface area contributed by atoms with Crippen molar-refractivity contribution in [3.8, 4) is 0 Å². The van der Waals surface area contributed by atoms with E-state index < -0.39 is 6.43 Å². The monoisotopic (exact) mass is 250 g/mol. The van der Waals surface area contributed by atoms with Gasteiger partial charge in [-0.3, -0.25) is 0 Å². The average Bonchev–Trinajstić information content (AvgIpc) is 2.40. The highest BCUT2D eigenvalue weighted by Gasteiger charge is 2.15. The van der Waals surface area contributed by atoms with E-state index in [-0.39, 0.29) is 23.8 Å². The van der Waals surface area contributed by atoms with Crippen molar-refractivity contribution >= 4 is 11.6 Å². The van der Waals surface area contributed by atoms with Gasteiger partial charge in [-0.2, -0.15) is 0 Å². The molecule has 0 aliphatic heterocycles. The summed E-state index contributed by atoms with van der Waals surface area (Å²) >= 11 is 0. The highest BCUT2D eigenvalue weighted by molar-refractivity contribution is 5.52. The number of nitrogens with two attached hydrogens (primary N) is 1. The Balaban J connectivity index is 2.27. The number of hydrogen-bond donors (Lipinski definition) is 2. The molecule has 1 heterocycles. The van der Waals surface area contributed by atoms with Gasteiger partial charge in [0.1, 0.15) is 5.69 Å². The number of anilines is 2. The molecule has 4 nitrogen and oxygen atoms in total. The van der Waals surface area contributed by atoms with Gasteiger partial charge < -0.3 is 11.1 Å². The van der Waals surface area contributed by atoms with Gasteiger partial charge in [0.25, 0.3) is 6.43 Å². The van der Waals surface area contributed by atoms with E-state index in [1.807, 2.05) is 18.2 Å². The molecule has 1 aromatic heterocycles. The first-order valence-corrected chi connectivity index (χ1v) is 5.37. The number of para-hydroxylation sites is 1. The fraction of sp³-hybridized carbons (Fsp3) is 0.167. The van der Waals surface area contributed by atoms with Crippen LogP contribution in [0.2, 0.25) is 0 Å². The minimum atomic E-state index is -2.66. The van der Waals surface area contributed by atoms with Gasteiger partial charge in [-0.05, 0) is 12.1 Å². The summed E-state index contributed by atoms with van der Waals surface area (Å²) in [6.45, 7) is -0.00864. The molecule has 2 rings (SSSR count). The molecule has 0 spiro atoms. The number of aromatic nitrogens is 2. The normalized spacial score (nSPS) is 10.7. The van der Waals surface area contributed by atoms with E-state index in [1.54, 1.807) is 12.1 Å². The van der Waals surface area contributed by atoms with Crippen LogP contribution in [0.15, 0.2) is 36.5 Å². The van der Waals surface area contributed by atoms with Crippen LogP contribution in [-0.2, 0) is 6.54 Å². The van der Waals surface area contributed by atoms with Crippen LogP contribution in [0.4, 0.5) is 20.4 Å². The van der Waals surface area contributed by atoms with E-state index in [1.165, 1.54) is 6.20 Å². The third-order valence-corrected chi connectivity index (χ3v) is 2.35. The van der Waals surface area contributed by atoms with Gasteiger partial charge in [0, 0.05) is 24.0 Å². The molecule has 0 bridgehead atoms. The van der Waals surface area contributed by atoms with E-state index in [2.05, 4.69) is 15.3 Å². The Labute approximate surface area is 103 Å². The van der Waals surface area contributed by atoms with Crippen molar-refractivity contribution in [2.75, 3.05) is 5.32 Å². The maximum Gasteiger partial charge on any atom is 0.280 e. The number of hydrogen-bond acceptors (Lipinski definition) is 4. The molecule has 2 aromatic rings. The van der Waals surface area contributed by atoms with Crippen molar-refractivity contribution in [3.63, 3.8) is 0 Å². The van der Waals surface area contributed by atoms with Crippen molar-refractivity contribution in [1.82, 2.24) is 9.97 Å². The van der Waals surface area contributed by atoms with Gasteiger partial charge in [-0.25, -0.2) is 18.7 Å². The standard InChI is InChI=1S/C12H12F2N4/c13-11(14)10-8(6-15)7-16-12(18-10)17-9-4-2-1-3-5-9/h1-5,7,11H,6,15H2,(H,16,17,18). The maximum absolute atomic E-state index is 12.8. The van der Waals surface area contributed by atoms with E-state index >= 15 is 0 Å². The molecule has 0 radical (unpaired) electrons. The Hall–Kier alpha value is -2.08. The minimum Gasteiger partial charge on any atom is -0.326 e. The lowest BCUT2D eigenvalue weighted by Gasteiger charge is -2.09. The molecule has 18 heavy (non-hydrogen) atoms. The fourth-order valence-electron chi connectivity index (χ4n) is 1.48. The molecule has 6 heteroatoms. The Kier molecular flexibility index (Phi) is 3.78. The lowest BCUT2D eigenvalue weighted by atomic mass is 10.2. The number of rotatable bonds is 4. The third kappa shape index (κ3) is 2.78. The quantitative estimate of drug-likeness (QED) is 0.875. The van der Waals surface area contributed by atoms with Gasteiger partial charge in [-0.15, -0.1) is 0 Å². The summed E-state index contributed by atoms with van der Waals surface area (Å²) in [7, 11) is 0. The molecule has 0 unspecified atom stereocenters. The zero-order valence-corrected chi connectivity index (χ0v) is 9.48. The van der Waals surface area contributed by atoms with Crippen LogP contribution in [0, 0.1) is 0 Å². The summed E-state index contributed by atoms with van der Waals surface area (Å²) in [5, 5.41) is 2.85. The number of nitrogens with one attached hydrogen (secondary N) is 1. The molecule has 0 atom stereocenters. The van der Waals surface area contributed by atoms with Crippen LogP contribution < -0.4 is 11.1 Å². The third-order valence-electron chi connectivity index (χ3n) is 2.35. The van der Waals surface area contributed by atoms with Crippen LogP contribution in [-0.4, -0.2) is 9.97 Å². The van der Waals surface area contributed by atoms with Crippen molar-refractivity contribution in [3.05, 3.63) is 47.8 Å². The van der Waals surface area contributed by atoms with E-state index in [9.17, 15) is 8.78 Å². The molecule has 0 aliphatic carbocycles. The lowest BCUT2D eigenvalue weighted by Crippen LogP contribution is -2.08. The number of benzene rings is 1. The predicted octanol–water partition coefficient (Wildman–Crippen LogP) is 2.62. The van der Waals surface area contributed by atoms with Gasteiger partial charge >= 0.3 is 0 Å². The summed E-state index contributed by atoms with van der Waals surface area (Å²) in [4.78, 5) is 7.74. The second-order valence-electron chi connectivity index (χ2n) is 3.60. The van der Waals surface area contributed by atoms with E-state index in [0.29, 0.717) is 0 Å². The largest absolute Gasteiger partial charge is 0.326 e. The molecule has 0 amide bonds. The first-order valence-electron chi connectivity index (χ1n) is 5.37. The van der Waals surface area contributed by atoms with Crippen LogP contribution >= 0.6 is 0 Å². The van der Waals surface area contributed by atoms with Crippen molar-refractivity contribution < 1.29 is 8.78 Å². The molecule has 0 saturated heterocycles. The van der Waals surface area contributed by atoms with Crippen LogP contribution in [0.1, 0.15) is 17.7 Å². The first-order chi connectivity index (χ1) is 8.70. The minimum absolute atomic E-state index is 0.00864. The van der Waals surface area contributed by atoms with E-state index in [4.69, 9.17) is 5.73 Å². The fourth-order valence-corrected chi connectivity index (χ4v) is 1.48. The molecule has 3 N–H and O–H groups in total. The van der Waals surface area contributed by atoms with Crippen LogP contribution in [0.25, 0.3) is 0 Å². The molecule has 94 valence electrons. The van der Waals surface area contributed by atoms with Crippen molar-refractivity contribution in [2.24, 2.45) is 5.73 Å². The molecule has 0 aliphatic rings. The first kappa shape index (κ1) is 12.4. The number of nitrogens with zero attached hydrogens (tertiary/aromatic N) is 2. The van der Waals surface area contributed by atoms with E-state index in [0.717, 1.165) is 5.69 Å². The summed E-state index contributed by atoms with van der Waals surface area (Å²) in [5.41, 5.74) is 6.02. The average molecular weight is 250 g/mol. The predicted molar refractivity (Wildman–Crippen MR) is 64.6 cm³/mol. The van der Waals surface area contributed by atoms with Crippen molar-refractivity contribution in [2.45, 2.75) is 13.0 Å². The number of halogens is 2. The van der Waals surface area contributed by atoms with Crippen LogP contribution in [0.5, 0.6) is 0 Å². The highest BCUT2D eigenvalue weighted by Crippen LogP contribution is 2.22. The Bertz CT molecular complexity index is 517. The lowest BCUT2D eigenvalue weighted by molar-refractivity contribution is 0.145. The molecular formula is C12H12F2N4. The topological polar surface area (TPSA) is 63.8 Å². The number of alkyl halides is 2. The summed E-state index contributed by atoms with van der Waals surface area (Å²) in [6.07, 6.45) is -1.34. The van der Waals surface area contributed by atoms with Crippen LogP contribution in [0.3, 0.4) is 0 Å².